The first kappa shape index (κ1) is 19.5. The summed E-state index contributed by atoms with van der Waals surface area (Å²) in [6, 6.07) is 2.86. The smallest absolute Gasteiger partial charge is 0.391 e. The van der Waals surface area contributed by atoms with Crippen LogP contribution in [0.5, 0.6) is 5.75 Å². The number of methoxy groups -OCH3 is 1. The fourth-order valence-corrected chi connectivity index (χ4v) is 3.46. The van der Waals surface area contributed by atoms with E-state index in [0.717, 1.165) is 6.07 Å². The summed E-state index contributed by atoms with van der Waals surface area (Å²) in [5.74, 6) is -2.05. The number of hydrogen-bond donors (Lipinski definition) is 2. The van der Waals surface area contributed by atoms with E-state index in [9.17, 15) is 26.4 Å². The molecular weight excluding hydrogens is 361 g/mol. The van der Waals surface area contributed by atoms with Crippen LogP contribution in [0.1, 0.15) is 36.0 Å². The van der Waals surface area contributed by atoms with Crippen molar-refractivity contribution in [3.8, 4) is 5.75 Å². The summed E-state index contributed by atoms with van der Waals surface area (Å²) in [5.41, 5.74) is -0.0943. The molecule has 140 valence electrons. The maximum Gasteiger partial charge on any atom is 0.391 e. The highest BCUT2D eigenvalue weighted by Gasteiger charge is 2.42. The summed E-state index contributed by atoms with van der Waals surface area (Å²) in [6.07, 6.45) is -3.68. The Morgan fingerprint density at radius 1 is 1.32 bits per heavy atom. The van der Waals surface area contributed by atoms with Crippen LogP contribution in [0.3, 0.4) is 0 Å². The molecule has 10 heteroatoms. The fraction of sp³-hybridized carbons (Fsp3) is 0.533. The van der Waals surface area contributed by atoms with Gasteiger partial charge in [-0.15, -0.1) is 0 Å². The predicted octanol–water partition coefficient (Wildman–Crippen LogP) is 2.19. The maximum atomic E-state index is 12.9. The Labute approximate surface area is 143 Å². The monoisotopic (exact) mass is 380 g/mol. The first-order valence-corrected chi connectivity index (χ1v) is 9.15. The first-order chi connectivity index (χ1) is 11.5. The average molecular weight is 380 g/mol. The van der Waals surface area contributed by atoms with Crippen LogP contribution in [0, 0.1) is 5.92 Å². The molecule has 1 aliphatic carbocycles. The van der Waals surface area contributed by atoms with Crippen LogP contribution in [0.25, 0.3) is 0 Å². The van der Waals surface area contributed by atoms with E-state index in [4.69, 9.17) is 9.88 Å². The van der Waals surface area contributed by atoms with Crippen molar-refractivity contribution < 1.29 is 31.1 Å². The molecule has 1 aromatic rings. The molecule has 1 aromatic carbocycles. The lowest BCUT2D eigenvalue weighted by Crippen LogP contribution is -2.41. The number of alkyl halides is 3. The topological polar surface area (TPSA) is 98.5 Å². The molecule has 1 aliphatic rings. The van der Waals surface area contributed by atoms with Gasteiger partial charge >= 0.3 is 6.18 Å². The molecule has 1 fully saturated rings. The second-order valence-electron chi connectivity index (χ2n) is 5.98. The van der Waals surface area contributed by atoms with Gasteiger partial charge in [0.1, 0.15) is 5.75 Å². The van der Waals surface area contributed by atoms with Crippen molar-refractivity contribution in [2.45, 2.75) is 42.8 Å². The maximum absolute atomic E-state index is 12.9. The van der Waals surface area contributed by atoms with Crippen molar-refractivity contribution in [2.24, 2.45) is 11.1 Å². The Kier molecular flexibility index (Phi) is 5.62. The van der Waals surface area contributed by atoms with Gasteiger partial charge in [-0.05, 0) is 37.5 Å². The second kappa shape index (κ2) is 7.20. The van der Waals surface area contributed by atoms with Crippen LogP contribution >= 0.6 is 0 Å². The zero-order chi connectivity index (χ0) is 18.8. The van der Waals surface area contributed by atoms with Crippen LogP contribution in [0.15, 0.2) is 23.1 Å². The standard InChI is InChI=1S/C15H19F3N2O4S/c1-24-13-6-5-11(25(19,22)23)8-12(13)14(21)20-10-4-2-3-9(7-10)15(16,17)18/h5-6,8-10H,2-4,7H2,1H3,(H,20,21)(H2,19,22,23)/t9-,10-/m1/s1. The quantitative estimate of drug-likeness (QED) is 0.837. The molecule has 2 atom stereocenters. The molecule has 0 radical (unpaired) electrons. The number of ether oxygens (including phenoxy) is 1. The first-order valence-electron chi connectivity index (χ1n) is 7.60. The second-order valence-corrected chi connectivity index (χ2v) is 7.54. The highest BCUT2D eigenvalue weighted by atomic mass is 32.2. The van der Waals surface area contributed by atoms with Crippen LogP contribution in [-0.2, 0) is 10.0 Å². The number of sulfonamides is 1. The SMILES string of the molecule is COc1ccc(S(N)(=O)=O)cc1C(=O)N[C@@H]1CCC[C@@H](C(F)(F)F)C1. The van der Waals surface area contributed by atoms with Crippen LogP contribution in [0.2, 0.25) is 0 Å². The molecule has 6 nitrogen and oxygen atoms in total. The lowest BCUT2D eigenvalue weighted by atomic mass is 9.85. The van der Waals surface area contributed by atoms with Gasteiger partial charge in [-0.25, -0.2) is 13.6 Å². The van der Waals surface area contributed by atoms with Gasteiger partial charge < -0.3 is 10.1 Å². The van der Waals surface area contributed by atoms with E-state index in [1.807, 2.05) is 0 Å². The molecule has 3 N–H and O–H groups in total. The Morgan fingerprint density at radius 3 is 2.56 bits per heavy atom. The minimum absolute atomic E-state index is 0.0418. The Morgan fingerprint density at radius 2 is 2.00 bits per heavy atom. The highest BCUT2D eigenvalue weighted by molar-refractivity contribution is 7.89. The number of halogens is 3. The number of amides is 1. The van der Waals surface area contributed by atoms with E-state index in [2.05, 4.69) is 5.32 Å². The van der Waals surface area contributed by atoms with Crippen molar-refractivity contribution in [1.82, 2.24) is 5.32 Å². The van der Waals surface area contributed by atoms with E-state index < -0.39 is 34.1 Å². The molecule has 0 aromatic heterocycles. The van der Waals surface area contributed by atoms with Gasteiger partial charge in [0, 0.05) is 6.04 Å². The van der Waals surface area contributed by atoms with Gasteiger partial charge in [-0.3, -0.25) is 4.79 Å². The lowest BCUT2D eigenvalue weighted by molar-refractivity contribution is -0.183. The average Bonchev–Trinajstić information content (AvgIpc) is 2.52. The van der Waals surface area contributed by atoms with Gasteiger partial charge in [-0.1, -0.05) is 6.42 Å². The predicted molar refractivity (Wildman–Crippen MR) is 83.6 cm³/mol. The van der Waals surface area contributed by atoms with Crippen LogP contribution in [-0.4, -0.2) is 33.7 Å². The summed E-state index contributed by atoms with van der Waals surface area (Å²) in [7, 11) is -2.73. The van der Waals surface area contributed by atoms with Crippen LogP contribution < -0.4 is 15.2 Å². The van der Waals surface area contributed by atoms with Gasteiger partial charge in [0.25, 0.3) is 5.91 Å². The number of nitrogens with two attached hydrogens (primary N) is 1. The number of hydrogen-bond acceptors (Lipinski definition) is 4. The van der Waals surface area contributed by atoms with E-state index in [-0.39, 0.29) is 29.1 Å². The molecule has 0 bridgehead atoms. The number of rotatable bonds is 4. The lowest BCUT2D eigenvalue weighted by Gasteiger charge is -2.31. The Hall–Kier alpha value is -1.81. The molecule has 0 saturated heterocycles. The Bertz CT molecular complexity index is 750. The molecular formula is C15H19F3N2O4S. The molecule has 1 amide bonds. The normalized spacial score (nSPS) is 21.6. The summed E-state index contributed by atoms with van der Waals surface area (Å²) < 4.78 is 66.5. The third-order valence-electron chi connectivity index (χ3n) is 4.22. The third-order valence-corrected chi connectivity index (χ3v) is 5.13. The zero-order valence-corrected chi connectivity index (χ0v) is 14.3. The summed E-state index contributed by atoms with van der Waals surface area (Å²) >= 11 is 0. The van der Waals surface area contributed by atoms with E-state index >= 15 is 0 Å². The molecule has 25 heavy (non-hydrogen) atoms. The van der Waals surface area contributed by atoms with Gasteiger partial charge in [-0.2, -0.15) is 13.2 Å². The van der Waals surface area contributed by atoms with E-state index in [1.54, 1.807) is 0 Å². The highest BCUT2D eigenvalue weighted by Crippen LogP contribution is 2.37. The molecule has 1 saturated carbocycles. The van der Waals surface area contributed by atoms with Crippen molar-refractivity contribution in [2.75, 3.05) is 7.11 Å². The number of primary sulfonamides is 1. The van der Waals surface area contributed by atoms with Crippen LogP contribution in [0.4, 0.5) is 13.2 Å². The number of benzene rings is 1. The van der Waals surface area contributed by atoms with E-state index in [1.165, 1.54) is 19.2 Å². The largest absolute Gasteiger partial charge is 0.496 e. The molecule has 0 heterocycles. The third kappa shape index (κ3) is 4.85. The molecule has 0 aliphatic heterocycles. The molecule has 0 spiro atoms. The van der Waals surface area contributed by atoms with E-state index in [0.29, 0.717) is 12.8 Å². The Balaban J connectivity index is 2.20. The van der Waals surface area contributed by atoms with Crippen molar-refractivity contribution >= 4 is 15.9 Å². The number of carbonyl (C=O) groups is 1. The van der Waals surface area contributed by atoms with Crippen molar-refractivity contribution in [1.29, 1.82) is 0 Å². The number of carbonyl (C=O) groups excluding carboxylic acids is 1. The van der Waals surface area contributed by atoms with Gasteiger partial charge in [0.2, 0.25) is 10.0 Å². The molecule has 2 rings (SSSR count). The summed E-state index contributed by atoms with van der Waals surface area (Å²) in [5, 5.41) is 7.58. The fourth-order valence-electron chi connectivity index (χ4n) is 2.92. The molecule has 0 unspecified atom stereocenters. The van der Waals surface area contributed by atoms with Gasteiger partial charge in [0.05, 0.1) is 23.5 Å². The van der Waals surface area contributed by atoms with Gasteiger partial charge in [0.15, 0.2) is 0 Å². The summed E-state index contributed by atoms with van der Waals surface area (Å²) in [4.78, 5) is 12.1. The van der Waals surface area contributed by atoms with Crippen molar-refractivity contribution in [3.05, 3.63) is 23.8 Å². The minimum Gasteiger partial charge on any atom is -0.496 e. The number of nitrogens with one attached hydrogen (secondary N) is 1. The minimum atomic E-state index is -4.30. The van der Waals surface area contributed by atoms with Crippen molar-refractivity contribution in [3.63, 3.8) is 0 Å². The summed E-state index contributed by atoms with van der Waals surface area (Å²) in [6.45, 7) is 0. The zero-order valence-electron chi connectivity index (χ0n) is 13.5.